The second kappa shape index (κ2) is 8.16. The van der Waals surface area contributed by atoms with Gasteiger partial charge in [-0.05, 0) is 46.6 Å². The SMILES string of the molecule is CCCCCCCNC1CCN(C(C)(C)C)CC1. The first-order valence-corrected chi connectivity index (χ1v) is 8.02. The van der Waals surface area contributed by atoms with E-state index in [1.54, 1.807) is 0 Å². The Bertz CT molecular complexity index is 200. The van der Waals surface area contributed by atoms with Gasteiger partial charge in [0.1, 0.15) is 0 Å². The van der Waals surface area contributed by atoms with E-state index < -0.39 is 0 Å². The van der Waals surface area contributed by atoms with E-state index in [0.29, 0.717) is 5.54 Å². The minimum atomic E-state index is 0.352. The van der Waals surface area contributed by atoms with Crippen LogP contribution >= 0.6 is 0 Å². The smallest absolute Gasteiger partial charge is 0.0125 e. The average Bonchev–Trinajstić information content (AvgIpc) is 2.33. The monoisotopic (exact) mass is 254 g/mol. The Balaban J connectivity index is 2.02. The predicted molar refractivity (Wildman–Crippen MR) is 81.1 cm³/mol. The normalized spacial score (nSPS) is 19.3. The van der Waals surface area contributed by atoms with Crippen molar-refractivity contribution in [3.8, 4) is 0 Å². The Morgan fingerprint density at radius 1 is 1.00 bits per heavy atom. The van der Waals surface area contributed by atoms with Crippen molar-refractivity contribution in [3.05, 3.63) is 0 Å². The van der Waals surface area contributed by atoms with Crippen LogP contribution in [0.15, 0.2) is 0 Å². The van der Waals surface area contributed by atoms with E-state index in [4.69, 9.17) is 0 Å². The standard InChI is InChI=1S/C16H34N2/c1-5-6-7-8-9-12-17-15-10-13-18(14-11-15)16(2,3)4/h15,17H,5-14H2,1-4H3. The number of hydrogen-bond acceptors (Lipinski definition) is 2. The van der Waals surface area contributed by atoms with Gasteiger partial charge in [0.25, 0.3) is 0 Å². The summed E-state index contributed by atoms with van der Waals surface area (Å²) in [6, 6.07) is 0.773. The van der Waals surface area contributed by atoms with Crippen LogP contribution in [-0.2, 0) is 0 Å². The molecule has 2 nitrogen and oxygen atoms in total. The number of likely N-dealkylation sites (tertiary alicyclic amines) is 1. The van der Waals surface area contributed by atoms with E-state index in [0.717, 1.165) is 6.04 Å². The van der Waals surface area contributed by atoms with E-state index in [-0.39, 0.29) is 0 Å². The zero-order chi connectivity index (χ0) is 13.4. The van der Waals surface area contributed by atoms with Gasteiger partial charge >= 0.3 is 0 Å². The summed E-state index contributed by atoms with van der Waals surface area (Å²) in [7, 11) is 0. The molecule has 0 atom stereocenters. The second-order valence-corrected chi connectivity index (χ2v) is 6.80. The minimum absolute atomic E-state index is 0.352. The summed E-state index contributed by atoms with van der Waals surface area (Å²) in [5, 5.41) is 3.74. The minimum Gasteiger partial charge on any atom is -0.314 e. The lowest BCUT2D eigenvalue weighted by Crippen LogP contribution is -2.50. The van der Waals surface area contributed by atoms with Gasteiger partial charge in [-0.3, -0.25) is 4.90 Å². The van der Waals surface area contributed by atoms with Crippen LogP contribution in [0.2, 0.25) is 0 Å². The lowest BCUT2D eigenvalue weighted by atomic mass is 9.98. The first-order valence-electron chi connectivity index (χ1n) is 8.02. The molecule has 0 aromatic heterocycles. The van der Waals surface area contributed by atoms with Crippen LogP contribution in [0.4, 0.5) is 0 Å². The highest BCUT2D eigenvalue weighted by Gasteiger charge is 2.26. The Labute approximate surface area is 115 Å². The summed E-state index contributed by atoms with van der Waals surface area (Å²) in [6.45, 7) is 13.0. The van der Waals surface area contributed by atoms with E-state index in [2.05, 4.69) is 37.9 Å². The van der Waals surface area contributed by atoms with Gasteiger partial charge in [0.2, 0.25) is 0 Å². The summed E-state index contributed by atoms with van der Waals surface area (Å²) >= 11 is 0. The quantitative estimate of drug-likeness (QED) is 0.695. The molecule has 0 radical (unpaired) electrons. The molecule has 1 rings (SSSR count). The highest BCUT2D eigenvalue weighted by molar-refractivity contribution is 4.84. The number of piperidine rings is 1. The molecule has 1 fully saturated rings. The van der Waals surface area contributed by atoms with Crippen LogP contribution in [0.1, 0.15) is 72.6 Å². The third-order valence-electron chi connectivity index (χ3n) is 4.16. The summed E-state index contributed by atoms with van der Waals surface area (Å²) in [5.41, 5.74) is 0.352. The lowest BCUT2D eigenvalue weighted by Gasteiger charge is -2.41. The fraction of sp³-hybridized carbons (Fsp3) is 1.00. The third-order valence-corrected chi connectivity index (χ3v) is 4.16. The highest BCUT2D eigenvalue weighted by Crippen LogP contribution is 2.20. The Hall–Kier alpha value is -0.0800. The van der Waals surface area contributed by atoms with Crippen molar-refractivity contribution < 1.29 is 0 Å². The van der Waals surface area contributed by atoms with Gasteiger partial charge in [-0.15, -0.1) is 0 Å². The molecule has 0 aromatic rings. The molecule has 2 heteroatoms. The second-order valence-electron chi connectivity index (χ2n) is 6.80. The molecule has 18 heavy (non-hydrogen) atoms. The van der Waals surface area contributed by atoms with Crippen molar-refractivity contribution in [2.24, 2.45) is 0 Å². The maximum atomic E-state index is 3.74. The molecule has 0 bridgehead atoms. The maximum absolute atomic E-state index is 3.74. The third kappa shape index (κ3) is 6.19. The summed E-state index contributed by atoms with van der Waals surface area (Å²) in [4.78, 5) is 2.62. The van der Waals surface area contributed by atoms with Crippen molar-refractivity contribution in [3.63, 3.8) is 0 Å². The molecule has 1 aliphatic rings. The van der Waals surface area contributed by atoms with Crippen LogP contribution in [0.25, 0.3) is 0 Å². The van der Waals surface area contributed by atoms with Crippen molar-refractivity contribution in [2.75, 3.05) is 19.6 Å². The van der Waals surface area contributed by atoms with Crippen LogP contribution in [0.3, 0.4) is 0 Å². The Morgan fingerprint density at radius 3 is 2.17 bits per heavy atom. The largest absolute Gasteiger partial charge is 0.314 e. The molecule has 1 heterocycles. The van der Waals surface area contributed by atoms with E-state index in [1.165, 1.54) is 64.6 Å². The molecule has 0 aliphatic carbocycles. The van der Waals surface area contributed by atoms with E-state index >= 15 is 0 Å². The number of rotatable bonds is 7. The lowest BCUT2D eigenvalue weighted by molar-refractivity contribution is 0.0963. The molecule has 0 spiro atoms. The van der Waals surface area contributed by atoms with Crippen molar-refractivity contribution in [1.29, 1.82) is 0 Å². The zero-order valence-corrected chi connectivity index (χ0v) is 13.1. The topological polar surface area (TPSA) is 15.3 Å². The van der Waals surface area contributed by atoms with Gasteiger partial charge in [0, 0.05) is 24.7 Å². The van der Waals surface area contributed by atoms with Crippen LogP contribution in [0, 0.1) is 0 Å². The van der Waals surface area contributed by atoms with Gasteiger partial charge in [-0.2, -0.15) is 0 Å². The maximum Gasteiger partial charge on any atom is 0.0125 e. The first-order chi connectivity index (χ1) is 8.54. The van der Waals surface area contributed by atoms with Gasteiger partial charge in [0.05, 0.1) is 0 Å². The van der Waals surface area contributed by atoms with Gasteiger partial charge in [-0.25, -0.2) is 0 Å². The van der Waals surface area contributed by atoms with Crippen molar-refractivity contribution in [2.45, 2.75) is 84.2 Å². The highest BCUT2D eigenvalue weighted by atomic mass is 15.2. The van der Waals surface area contributed by atoms with Crippen LogP contribution in [0.5, 0.6) is 0 Å². The van der Waals surface area contributed by atoms with Gasteiger partial charge in [0.15, 0.2) is 0 Å². The molecule has 1 N–H and O–H groups in total. The summed E-state index contributed by atoms with van der Waals surface area (Å²) in [6.07, 6.45) is 9.59. The van der Waals surface area contributed by atoms with Gasteiger partial charge < -0.3 is 5.32 Å². The molecular weight excluding hydrogens is 220 g/mol. The molecule has 108 valence electrons. The number of nitrogens with zero attached hydrogens (tertiary/aromatic N) is 1. The van der Waals surface area contributed by atoms with Gasteiger partial charge in [-0.1, -0.05) is 32.6 Å². The van der Waals surface area contributed by atoms with Crippen molar-refractivity contribution in [1.82, 2.24) is 10.2 Å². The average molecular weight is 254 g/mol. The fourth-order valence-electron chi connectivity index (χ4n) is 2.79. The Kier molecular flexibility index (Phi) is 7.25. The predicted octanol–water partition coefficient (Wildman–Crippen LogP) is 3.81. The van der Waals surface area contributed by atoms with Crippen LogP contribution < -0.4 is 5.32 Å². The molecule has 1 aliphatic heterocycles. The molecule has 0 aromatic carbocycles. The molecule has 1 saturated heterocycles. The number of unbranched alkanes of at least 4 members (excludes halogenated alkanes) is 4. The molecular formula is C16H34N2. The fourth-order valence-corrected chi connectivity index (χ4v) is 2.79. The number of hydrogen-bond donors (Lipinski definition) is 1. The zero-order valence-electron chi connectivity index (χ0n) is 13.1. The Morgan fingerprint density at radius 2 is 1.61 bits per heavy atom. The van der Waals surface area contributed by atoms with Crippen molar-refractivity contribution >= 4 is 0 Å². The molecule has 0 unspecified atom stereocenters. The molecule has 0 saturated carbocycles. The van der Waals surface area contributed by atoms with Crippen LogP contribution in [-0.4, -0.2) is 36.1 Å². The van der Waals surface area contributed by atoms with E-state index in [9.17, 15) is 0 Å². The summed E-state index contributed by atoms with van der Waals surface area (Å²) in [5.74, 6) is 0. The first kappa shape index (κ1) is 16.0. The number of nitrogens with one attached hydrogen (secondary N) is 1. The molecule has 0 amide bonds. The van der Waals surface area contributed by atoms with E-state index in [1.807, 2.05) is 0 Å². The summed E-state index contributed by atoms with van der Waals surface area (Å²) < 4.78 is 0.